The molecular formula is C80H60N2. The molecule has 13 aromatic carbocycles. The van der Waals surface area contributed by atoms with Gasteiger partial charge in [0.25, 0.3) is 0 Å². The maximum Gasteiger partial charge on any atom is 0.0546 e. The first kappa shape index (κ1) is 50.0. The number of rotatable bonds is 12. The van der Waals surface area contributed by atoms with Crippen LogP contribution in [-0.4, -0.2) is 0 Å². The van der Waals surface area contributed by atoms with Crippen molar-refractivity contribution in [2.45, 2.75) is 26.2 Å². The van der Waals surface area contributed by atoms with E-state index in [0.717, 1.165) is 56.4 Å². The number of anilines is 6. The van der Waals surface area contributed by atoms with Crippen molar-refractivity contribution in [3.05, 3.63) is 326 Å². The summed E-state index contributed by atoms with van der Waals surface area (Å²) in [6.45, 7) is 6.98. The Morgan fingerprint density at radius 3 is 1.23 bits per heavy atom. The van der Waals surface area contributed by atoms with Crippen molar-refractivity contribution in [1.82, 2.24) is 0 Å². The third-order valence-electron chi connectivity index (χ3n) is 16.8. The molecule has 1 aliphatic carbocycles. The van der Waals surface area contributed by atoms with Gasteiger partial charge in [-0.1, -0.05) is 244 Å². The summed E-state index contributed by atoms with van der Waals surface area (Å²) in [5.74, 6) is 0. The normalized spacial score (nSPS) is 12.2. The summed E-state index contributed by atoms with van der Waals surface area (Å²) in [7, 11) is 0. The highest BCUT2D eigenvalue weighted by Crippen LogP contribution is 2.53. The van der Waals surface area contributed by atoms with E-state index in [1.807, 2.05) is 0 Å². The van der Waals surface area contributed by atoms with Crippen molar-refractivity contribution >= 4 is 44.9 Å². The molecule has 1 aliphatic rings. The second kappa shape index (κ2) is 21.1. The van der Waals surface area contributed by atoms with Crippen LogP contribution < -0.4 is 9.80 Å². The quantitative estimate of drug-likeness (QED) is 0.120. The van der Waals surface area contributed by atoms with Crippen LogP contribution in [0.4, 0.5) is 34.1 Å². The third kappa shape index (κ3) is 9.05. The molecule has 0 unspecified atom stereocenters. The van der Waals surface area contributed by atoms with Gasteiger partial charge in [-0.15, -0.1) is 0 Å². The van der Waals surface area contributed by atoms with E-state index in [0.29, 0.717) is 0 Å². The van der Waals surface area contributed by atoms with Gasteiger partial charge in [0, 0.05) is 39.4 Å². The first-order chi connectivity index (χ1) is 40.4. The van der Waals surface area contributed by atoms with E-state index in [2.05, 4.69) is 340 Å². The summed E-state index contributed by atoms with van der Waals surface area (Å²) in [6.07, 6.45) is 0. The van der Waals surface area contributed by atoms with E-state index in [9.17, 15) is 0 Å². The van der Waals surface area contributed by atoms with Gasteiger partial charge >= 0.3 is 0 Å². The van der Waals surface area contributed by atoms with Crippen molar-refractivity contribution in [2.75, 3.05) is 9.80 Å². The molecule has 0 saturated heterocycles. The lowest BCUT2D eigenvalue weighted by atomic mass is 9.82. The average Bonchev–Trinajstić information content (AvgIpc) is 4.04. The first-order valence-corrected chi connectivity index (χ1v) is 28.5. The molecule has 2 nitrogen and oxygen atoms in total. The number of aryl methyl sites for hydroxylation is 1. The standard InChI is InChI=1S/C80H60N2/c1-55-22-16-18-32-68(55)79-69-33-19-17-29-60(69)42-51-78(79)82(67-49-50-71-70-34-20-21-35-76(70)80(2,3)77(71)52-67)66-47-40-62(41-48-66)75-54-72(58-25-10-5-11-26-58)74(53-73(75)59-27-12-6-13-28-59)61-38-45-65(46-39-61)81(63-30-14-7-15-31-63)64-43-36-57(37-44-64)56-23-8-4-9-24-56/h4-54H,1-3H3. The Hall–Kier alpha value is -10.3. The van der Waals surface area contributed by atoms with Crippen molar-refractivity contribution in [3.63, 3.8) is 0 Å². The fraction of sp³-hybridized carbons (Fsp3) is 0.0500. The molecule has 0 aromatic heterocycles. The first-order valence-electron chi connectivity index (χ1n) is 28.5. The highest BCUT2D eigenvalue weighted by molar-refractivity contribution is 6.06. The molecular weight excluding hydrogens is 989 g/mol. The number of fused-ring (bicyclic) bond motifs is 4. The molecule has 0 bridgehead atoms. The van der Waals surface area contributed by atoms with Gasteiger partial charge in [0.05, 0.1) is 5.69 Å². The van der Waals surface area contributed by atoms with Crippen LogP contribution >= 0.6 is 0 Å². The Kier molecular flexibility index (Phi) is 12.8. The van der Waals surface area contributed by atoms with Crippen molar-refractivity contribution < 1.29 is 0 Å². The van der Waals surface area contributed by atoms with Crippen LogP contribution in [0.2, 0.25) is 0 Å². The predicted octanol–water partition coefficient (Wildman–Crippen LogP) is 22.4. The lowest BCUT2D eigenvalue weighted by Gasteiger charge is -2.31. The summed E-state index contributed by atoms with van der Waals surface area (Å²) in [6, 6.07) is 114. The molecule has 2 heteroatoms. The van der Waals surface area contributed by atoms with Gasteiger partial charge in [-0.3, -0.25) is 0 Å². The van der Waals surface area contributed by atoms with E-state index < -0.39 is 0 Å². The Balaban J connectivity index is 0.911. The van der Waals surface area contributed by atoms with Gasteiger partial charge in [0.2, 0.25) is 0 Å². The second-order valence-electron chi connectivity index (χ2n) is 22.1. The Labute approximate surface area is 482 Å². The zero-order chi connectivity index (χ0) is 55.2. The molecule has 0 aliphatic heterocycles. The van der Waals surface area contributed by atoms with E-state index in [4.69, 9.17) is 0 Å². The number of hydrogen-bond donors (Lipinski definition) is 0. The van der Waals surface area contributed by atoms with Crippen LogP contribution in [0.5, 0.6) is 0 Å². The SMILES string of the molecule is Cc1ccccc1-c1c(N(c2ccc(-c3cc(-c4ccccc4)c(-c4ccc(N(c5ccccc5)c5ccc(-c6ccccc6)cc5)cc4)cc3-c3ccccc3)cc2)c2ccc3c(c2)C(C)(C)c2ccccc2-3)ccc2ccccc12. The zero-order valence-electron chi connectivity index (χ0n) is 46.3. The molecule has 0 atom stereocenters. The summed E-state index contributed by atoms with van der Waals surface area (Å²) < 4.78 is 0. The van der Waals surface area contributed by atoms with E-state index in [1.165, 1.54) is 83.1 Å². The van der Waals surface area contributed by atoms with Gasteiger partial charge in [0.1, 0.15) is 0 Å². The highest BCUT2D eigenvalue weighted by Gasteiger charge is 2.36. The van der Waals surface area contributed by atoms with Crippen LogP contribution in [-0.2, 0) is 5.41 Å². The Morgan fingerprint density at radius 1 is 0.256 bits per heavy atom. The molecule has 0 radical (unpaired) electrons. The van der Waals surface area contributed by atoms with Gasteiger partial charge in [0.15, 0.2) is 0 Å². The predicted molar refractivity (Wildman–Crippen MR) is 348 cm³/mol. The molecule has 0 saturated carbocycles. The van der Waals surface area contributed by atoms with Crippen molar-refractivity contribution in [1.29, 1.82) is 0 Å². The summed E-state index contributed by atoms with van der Waals surface area (Å²) >= 11 is 0. The van der Waals surface area contributed by atoms with E-state index in [1.54, 1.807) is 0 Å². The highest BCUT2D eigenvalue weighted by atomic mass is 15.1. The third-order valence-corrected chi connectivity index (χ3v) is 16.8. The lowest BCUT2D eigenvalue weighted by Crippen LogP contribution is -2.17. The minimum atomic E-state index is -0.170. The van der Waals surface area contributed by atoms with Gasteiger partial charge < -0.3 is 9.80 Å². The minimum absolute atomic E-state index is 0.170. The van der Waals surface area contributed by atoms with Crippen LogP contribution in [0.1, 0.15) is 30.5 Å². The van der Waals surface area contributed by atoms with Gasteiger partial charge in [-0.2, -0.15) is 0 Å². The van der Waals surface area contributed by atoms with E-state index in [-0.39, 0.29) is 5.41 Å². The molecule has 0 spiro atoms. The monoisotopic (exact) mass is 1050 g/mol. The number of nitrogens with zero attached hydrogens (tertiary/aromatic N) is 2. The number of benzene rings is 13. The molecule has 0 fully saturated rings. The Bertz CT molecular complexity index is 4430. The number of para-hydroxylation sites is 1. The topological polar surface area (TPSA) is 6.48 Å². The summed E-state index contributed by atoms with van der Waals surface area (Å²) in [5.41, 5.74) is 27.1. The van der Waals surface area contributed by atoms with Crippen molar-refractivity contribution in [3.8, 4) is 77.9 Å². The molecule has 0 amide bonds. The maximum absolute atomic E-state index is 2.50. The molecule has 13 aromatic rings. The van der Waals surface area contributed by atoms with Gasteiger partial charge in [-0.25, -0.2) is 0 Å². The minimum Gasteiger partial charge on any atom is -0.311 e. The molecule has 14 rings (SSSR count). The van der Waals surface area contributed by atoms with Crippen LogP contribution in [0, 0.1) is 6.92 Å². The molecule has 0 N–H and O–H groups in total. The maximum atomic E-state index is 2.50. The molecule has 0 heterocycles. The largest absolute Gasteiger partial charge is 0.311 e. The summed E-state index contributed by atoms with van der Waals surface area (Å²) in [4.78, 5) is 4.84. The fourth-order valence-corrected chi connectivity index (χ4v) is 12.7. The average molecular weight is 1050 g/mol. The van der Waals surface area contributed by atoms with Crippen LogP contribution in [0.15, 0.2) is 309 Å². The second-order valence-corrected chi connectivity index (χ2v) is 22.1. The fourth-order valence-electron chi connectivity index (χ4n) is 12.7. The lowest BCUT2D eigenvalue weighted by molar-refractivity contribution is 0.660. The zero-order valence-corrected chi connectivity index (χ0v) is 46.3. The van der Waals surface area contributed by atoms with Crippen LogP contribution in [0.25, 0.3) is 88.7 Å². The van der Waals surface area contributed by atoms with E-state index >= 15 is 0 Å². The molecule has 82 heavy (non-hydrogen) atoms. The smallest absolute Gasteiger partial charge is 0.0546 e. The van der Waals surface area contributed by atoms with Crippen molar-refractivity contribution in [2.24, 2.45) is 0 Å². The molecule has 390 valence electrons. The van der Waals surface area contributed by atoms with Gasteiger partial charge in [-0.05, 0) is 186 Å². The Morgan fingerprint density at radius 2 is 0.659 bits per heavy atom. The van der Waals surface area contributed by atoms with Crippen LogP contribution in [0.3, 0.4) is 0 Å². The number of hydrogen-bond acceptors (Lipinski definition) is 2. The summed E-state index contributed by atoms with van der Waals surface area (Å²) in [5, 5.41) is 2.44.